The van der Waals surface area contributed by atoms with Crippen LogP contribution in [0.25, 0.3) is 0 Å². The van der Waals surface area contributed by atoms with Crippen LogP contribution in [0.15, 0.2) is 12.1 Å². The van der Waals surface area contributed by atoms with E-state index in [9.17, 15) is 0 Å². The maximum Gasteiger partial charge on any atom is 0.138 e. The van der Waals surface area contributed by atoms with Gasteiger partial charge in [0, 0.05) is 0 Å². The molecule has 0 spiro atoms. The van der Waals surface area contributed by atoms with E-state index in [0.717, 1.165) is 16.4 Å². The molecule has 0 amide bonds. The molecule has 1 aromatic rings. The number of hydrogen-bond acceptors (Lipinski definition) is 2. The lowest BCUT2D eigenvalue weighted by Crippen LogP contribution is -1.99. The van der Waals surface area contributed by atoms with Crippen LogP contribution in [0.4, 0.5) is 0 Å². The summed E-state index contributed by atoms with van der Waals surface area (Å²) in [5, 5.41) is 9.57. The molecule has 1 fully saturated rings. The molecule has 0 saturated heterocycles. The van der Waals surface area contributed by atoms with E-state index in [2.05, 4.69) is 28.7 Å². The van der Waals surface area contributed by atoms with E-state index in [1.165, 1.54) is 0 Å². The zero-order valence-corrected chi connectivity index (χ0v) is 10.2. The van der Waals surface area contributed by atoms with Gasteiger partial charge >= 0.3 is 0 Å². The van der Waals surface area contributed by atoms with Gasteiger partial charge in [-0.15, -0.1) is 0 Å². The van der Waals surface area contributed by atoms with Crippen LogP contribution in [0.2, 0.25) is 5.02 Å². The van der Waals surface area contributed by atoms with Gasteiger partial charge in [-0.1, -0.05) is 11.6 Å². The van der Waals surface area contributed by atoms with Crippen molar-refractivity contribution in [3.05, 3.63) is 26.3 Å². The molecule has 1 aromatic carbocycles. The van der Waals surface area contributed by atoms with Gasteiger partial charge in [0.1, 0.15) is 17.4 Å². The van der Waals surface area contributed by atoms with E-state index in [1.54, 1.807) is 12.1 Å². The Morgan fingerprint density at radius 3 is 2.79 bits per heavy atom. The Bertz CT molecular complexity index is 409. The summed E-state index contributed by atoms with van der Waals surface area (Å²) in [6.07, 6.45) is 2.48. The topological polar surface area (TPSA) is 33.0 Å². The lowest BCUT2D eigenvalue weighted by molar-refractivity contribution is 0.302. The van der Waals surface area contributed by atoms with Crippen LogP contribution in [0.3, 0.4) is 0 Å². The summed E-state index contributed by atoms with van der Waals surface area (Å²) in [6, 6.07) is 5.65. The molecule has 0 radical (unpaired) electrons. The minimum absolute atomic E-state index is 0.305. The zero-order valence-electron chi connectivity index (χ0n) is 7.26. The number of rotatable bonds is 2. The van der Waals surface area contributed by atoms with Gasteiger partial charge in [0.15, 0.2) is 0 Å². The normalized spacial score (nSPS) is 14.9. The Hall–Kier alpha value is -0.470. The molecule has 14 heavy (non-hydrogen) atoms. The molecule has 0 aromatic heterocycles. The third-order valence-corrected chi connectivity index (χ3v) is 3.74. The quantitative estimate of drug-likeness (QED) is 0.783. The van der Waals surface area contributed by atoms with Crippen LogP contribution in [0.1, 0.15) is 18.4 Å². The standard InChI is InChI=1S/C10H7ClINO/c11-8-3-4-9(14-6-1-2-6)7(5-13)10(8)12/h3-4,6H,1-2H2. The molecule has 0 atom stereocenters. The molecule has 0 bridgehead atoms. The van der Waals surface area contributed by atoms with Gasteiger partial charge in [-0.05, 0) is 47.6 Å². The maximum atomic E-state index is 8.96. The van der Waals surface area contributed by atoms with Gasteiger partial charge < -0.3 is 4.74 Å². The SMILES string of the molecule is N#Cc1c(OC2CC2)ccc(Cl)c1I. The van der Waals surface area contributed by atoms with Gasteiger partial charge in [0.05, 0.1) is 14.7 Å². The first kappa shape index (κ1) is 10.1. The van der Waals surface area contributed by atoms with Crippen molar-refractivity contribution < 1.29 is 4.74 Å². The smallest absolute Gasteiger partial charge is 0.138 e. The second-order valence-electron chi connectivity index (χ2n) is 3.16. The van der Waals surface area contributed by atoms with Crippen molar-refractivity contribution >= 4 is 34.2 Å². The van der Waals surface area contributed by atoms with Gasteiger partial charge in [-0.3, -0.25) is 0 Å². The highest BCUT2D eigenvalue weighted by molar-refractivity contribution is 14.1. The molecule has 0 N–H and O–H groups in total. The molecule has 0 unspecified atom stereocenters. The van der Waals surface area contributed by atoms with Crippen LogP contribution < -0.4 is 4.74 Å². The Kier molecular flexibility index (Phi) is 2.84. The highest BCUT2D eigenvalue weighted by Gasteiger charge is 2.25. The molecule has 72 valence electrons. The van der Waals surface area contributed by atoms with E-state index in [1.807, 2.05) is 0 Å². The Labute approximate surface area is 101 Å². The molecule has 0 aliphatic heterocycles. The van der Waals surface area contributed by atoms with Crippen LogP contribution in [-0.4, -0.2) is 6.10 Å². The first-order valence-electron chi connectivity index (χ1n) is 4.27. The lowest BCUT2D eigenvalue weighted by Gasteiger charge is -2.08. The van der Waals surface area contributed by atoms with E-state index >= 15 is 0 Å². The summed E-state index contributed by atoms with van der Waals surface area (Å²) >= 11 is 7.97. The monoisotopic (exact) mass is 319 g/mol. The second-order valence-corrected chi connectivity index (χ2v) is 4.65. The minimum atomic E-state index is 0.305. The summed E-state index contributed by atoms with van der Waals surface area (Å²) < 4.78 is 6.37. The summed E-state index contributed by atoms with van der Waals surface area (Å²) in [6.45, 7) is 0. The Morgan fingerprint density at radius 1 is 1.50 bits per heavy atom. The molecule has 1 saturated carbocycles. The fourth-order valence-electron chi connectivity index (χ4n) is 1.10. The van der Waals surface area contributed by atoms with Crippen LogP contribution in [0.5, 0.6) is 5.75 Å². The third kappa shape index (κ3) is 1.96. The van der Waals surface area contributed by atoms with Crippen molar-refractivity contribution in [3.8, 4) is 11.8 Å². The first-order valence-corrected chi connectivity index (χ1v) is 5.73. The summed E-state index contributed by atoms with van der Waals surface area (Å²) in [5.41, 5.74) is 0.546. The first-order chi connectivity index (χ1) is 6.72. The van der Waals surface area contributed by atoms with Gasteiger partial charge in [0.2, 0.25) is 0 Å². The lowest BCUT2D eigenvalue weighted by atomic mass is 10.2. The van der Waals surface area contributed by atoms with Crippen molar-refractivity contribution in [1.82, 2.24) is 0 Å². The molecule has 2 rings (SSSR count). The predicted octanol–water partition coefficient (Wildman–Crippen LogP) is 3.36. The van der Waals surface area contributed by atoms with Crippen LogP contribution in [-0.2, 0) is 0 Å². The Balaban J connectivity index is 2.38. The predicted molar refractivity (Wildman–Crippen MR) is 62.5 cm³/mol. The van der Waals surface area contributed by atoms with Gasteiger partial charge in [-0.2, -0.15) is 5.26 Å². The average Bonchev–Trinajstić information content (AvgIpc) is 2.96. The van der Waals surface area contributed by atoms with Crippen molar-refractivity contribution in [2.45, 2.75) is 18.9 Å². The molecule has 1 aliphatic carbocycles. The van der Waals surface area contributed by atoms with Crippen molar-refractivity contribution in [1.29, 1.82) is 5.26 Å². The maximum absolute atomic E-state index is 8.96. The number of benzene rings is 1. The third-order valence-electron chi connectivity index (χ3n) is 1.99. The Morgan fingerprint density at radius 2 is 2.21 bits per heavy atom. The number of nitrogens with zero attached hydrogens (tertiary/aromatic N) is 1. The highest BCUT2D eigenvalue weighted by Crippen LogP contribution is 2.33. The summed E-state index contributed by atoms with van der Waals surface area (Å²) in [7, 11) is 0. The van der Waals surface area contributed by atoms with E-state index in [0.29, 0.717) is 22.4 Å². The fraction of sp³-hybridized carbons (Fsp3) is 0.300. The molecule has 2 nitrogen and oxygen atoms in total. The molecule has 4 heteroatoms. The number of hydrogen-bond donors (Lipinski definition) is 0. The highest BCUT2D eigenvalue weighted by atomic mass is 127. The van der Waals surface area contributed by atoms with E-state index in [-0.39, 0.29) is 0 Å². The van der Waals surface area contributed by atoms with Crippen LogP contribution in [0, 0.1) is 14.9 Å². The van der Waals surface area contributed by atoms with Crippen molar-refractivity contribution in [3.63, 3.8) is 0 Å². The van der Waals surface area contributed by atoms with Crippen molar-refractivity contribution in [2.24, 2.45) is 0 Å². The number of halogens is 2. The van der Waals surface area contributed by atoms with Gasteiger partial charge in [-0.25, -0.2) is 0 Å². The summed E-state index contributed by atoms with van der Waals surface area (Å²) in [5.74, 6) is 0.656. The van der Waals surface area contributed by atoms with E-state index < -0.39 is 0 Å². The minimum Gasteiger partial charge on any atom is -0.489 e. The van der Waals surface area contributed by atoms with E-state index in [4.69, 9.17) is 21.6 Å². The second kappa shape index (κ2) is 3.95. The number of nitriles is 1. The molecule has 1 aliphatic rings. The largest absolute Gasteiger partial charge is 0.489 e. The fourth-order valence-corrected chi connectivity index (χ4v) is 1.82. The average molecular weight is 320 g/mol. The molecular weight excluding hydrogens is 312 g/mol. The number of ether oxygens (including phenoxy) is 1. The van der Waals surface area contributed by atoms with Crippen LogP contribution >= 0.6 is 34.2 Å². The summed E-state index contributed by atoms with van der Waals surface area (Å²) in [4.78, 5) is 0. The zero-order chi connectivity index (χ0) is 10.1. The molecular formula is C10H7ClINO. The van der Waals surface area contributed by atoms with Gasteiger partial charge in [0.25, 0.3) is 0 Å². The van der Waals surface area contributed by atoms with Crippen molar-refractivity contribution in [2.75, 3.05) is 0 Å². The molecule has 0 heterocycles.